The predicted molar refractivity (Wildman–Crippen MR) is 171 cm³/mol. The van der Waals surface area contributed by atoms with E-state index >= 15 is 0 Å². The topological polar surface area (TPSA) is 66.8 Å². The van der Waals surface area contributed by atoms with Gasteiger partial charge in [-0.25, -0.2) is 0 Å². The molecule has 2 heterocycles. The molecular formula is C36H34N4O3. The molecule has 7 nitrogen and oxygen atoms in total. The minimum absolute atomic E-state index is 0.137. The average Bonchev–Trinajstić information content (AvgIpc) is 3.30. The summed E-state index contributed by atoms with van der Waals surface area (Å²) < 4.78 is 7.98. The Morgan fingerprint density at radius 2 is 1.58 bits per heavy atom. The molecule has 0 radical (unpaired) electrons. The van der Waals surface area contributed by atoms with Gasteiger partial charge >= 0.3 is 0 Å². The molecule has 0 saturated heterocycles. The molecule has 0 fully saturated rings. The maximum absolute atomic E-state index is 14.1. The number of aromatic nitrogens is 1. The molecule has 0 atom stereocenters. The van der Waals surface area contributed by atoms with Crippen molar-refractivity contribution in [3.05, 3.63) is 137 Å². The number of nitrogens with one attached hydrogen (secondary N) is 1. The number of carbonyl (C=O) groups excluding carboxylic acids is 2. The predicted octanol–water partition coefficient (Wildman–Crippen LogP) is 6.69. The van der Waals surface area contributed by atoms with Crippen molar-refractivity contribution in [2.75, 3.05) is 31.4 Å². The van der Waals surface area contributed by atoms with Gasteiger partial charge in [0.1, 0.15) is 5.75 Å². The SMILES string of the molecule is COc1cc(C(=O)N2Cc3ccc(CN(C)C)n3Cc3ccccc32)ccc1NC(=O)c1ccccc1-c1ccccc1. The van der Waals surface area contributed by atoms with Crippen molar-refractivity contribution in [1.82, 2.24) is 9.47 Å². The lowest BCUT2D eigenvalue weighted by atomic mass is 9.99. The molecule has 43 heavy (non-hydrogen) atoms. The maximum atomic E-state index is 14.1. The van der Waals surface area contributed by atoms with Gasteiger partial charge in [-0.3, -0.25) is 9.59 Å². The molecule has 0 bridgehead atoms. The van der Waals surface area contributed by atoms with E-state index in [0.29, 0.717) is 35.7 Å². The number of amides is 2. The molecule has 0 aliphatic carbocycles. The molecule has 216 valence electrons. The van der Waals surface area contributed by atoms with E-state index in [2.05, 4.69) is 47.1 Å². The van der Waals surface area contributed by atoms with Gasteiger partial charge in [0.25, 0.3) is 11.8 Å². The molecule has 7 heteroatoms. The van der Waals surface area contributed by atoms with Crippen molar-refractivity contribution in [3.63, 3.8) is 0 Å². The molecule has 0 saturated carbocycles. The van der Waals surface area contributed by atoms with Crippen molar-refractivity contribution in [2.45, 2.75) is 19.6 Å². The number of para-hydroxylation sites is 1. The highest BCUT2D eigenvalue weighted by Crippen LogP contribution is 2.33. The van der Waals surface area contributed by atoms with Crippen LogP contribution in [0.5, 0.6) is 5.75 Å². The van der Waals surface area contributed by atoms with Gasteiger partial charge in [-0.1, -0.05) is 66.7 Å². The second-order valence-corrected chi connectivity index (χ2v) is 10.9. The monoisotopic (exact) mass is 570 g/mol. The lowest BCUT2D eigenvalue weighted by Gasteiger charge is -2.23. The van der Waals surface area contributed by atoms with Gasteiger partial charge in [-0.05, 0) is 73.3 Å². The first-order valence-corrected chi connectivity index (χ1v) is 14.3. The molecule has 1 N–H and O–H groups in total. The summed E-state index contributed by atoms with van der Waals surface area (Å²) in [6.07, 6.45) is 0. The van der Waals surface area contributed by atoms with E-state index in [0.717, 1.165) is 34.6 Å². The Bertz CT molecular complexity index is 1790. The van der Waals surface area contributed by atoms with Crippen LogP contribution >= 0.6 is 0 Å². The average molecular weight is 571 g/mol. The number of ether oxygens (including phenoxy) is 1. The third-order valence-electron chi connectivity index (χ3n) is 7.77. The Balaban J connectivity index is 1.29. The lowest BCUT2D eigenvalue weighted by molar-refractivity contribution is 0.0983. The van der Waals surface area contributed by atoms with E-state index in [1.54, 1.807) is 24.3 Å². The Labute approximate surface area is 251 Å². The highest BCUT2D eigenvalue weighted by Gasteiger charge is 2.27. The van der Waals surface area contributed by atoms with Crippen LogP contribution in [0.1, 0.15) is 37.7 Å². The number of benzene rings is 4. The summed E-state index contributed by atoms with van der Waals surface area (Å²) in [6.45, 7) is 1.96. The van der Waals surface area contributed by atoms with Crippen LogP contribution in [0, 0.1) is 0 Å². The van der Waals surface area contributed by atoms with Crippen LogP contribution in [0.2, 0.25) is 0 Å². The molecule has 4 aromatic carbocycles. The van der Waals surface area contributed by atoms with E-state index in [1.165, 1.54) is 12.8 Å². The summed E-state index contributed by atoms with van der Waals surface area (Å²) in [7, 11) is 5.65. The van der Waals surface area contributed by atoms with Crippen molar-refractivity contribution < 1.29 is 14.3 Å². The van der Waals surface area contributed by atoms with Gasteiger partial charge in [0.15, 0.2) is 0 Å². The van der Waals surface area contributed by atoms with Crippen LogP contribution in [-0.4, -0.2) is 42.5 Å². The fourth-order valence-electron chi connectivity index (χ4n) is 5.69. The Hall–Kier alpha value is -5.14. The van der Waals surface area contributed by atoms with E-state index < -0.39 is 0 Å². The third-order valence-corrected chi connectivity index (χ3v) is 7.77. The lowest BCUT2D eigenvalue weighted by Crippen LogP contribution is -2.30. The summed E-state index contributed by atoms with van der Waals surface area (Å²) in [4.78, 5) is 31.5. The third kappa shape index (κ3) is 5.67. The first-order chi connectivity index (χ1) is 20.9. The molecule has 0 unspecified atom stereocenters. The largest absolute Gasteiger partial charge is 0.495 e. The molecule has 2 amide bonds. The zero-order valence-corrected chi connectivity index (χ0v) is 24.6. The van der Waals surface area contributed by atoms with Crippen molar-refractivity contribution in [1.29, 1.82) is 0 Å². The molecule has 1 aromatic heterocycles. The fraction of sp³-hybridized carbons (Fsp3) is 0.167. The molecular weight excluding hydrogens is 536 g/mol. The first-order valence-electron chi connectivity index (χ1n) is 14.3. The van der Waals surface area contributed by atoms with Gasteiger partial charge < -0.3 is 24.4 Å². The minimum Gasteiger partial charge on any atom is -0.495 e. The zero-order valence-electron chi connectivity index (χ0n) is 24.6. The van der Waals surface area contributed by atoms with Crippen LogP contribution in [0.3, 0.4) is 0 Å². The Morgan fingerprint density at radius 3 is 2.37 bits per heavy atom. The number of carbonyl (C=O) groups is 2. The number of nitrogens with zero attached hydrogens (tertiary/aromatic N) is 3. The van der Waals surface area contributed by atoms with Crippen molar-refractivity contribution in [3.8, 4) is 16.9 Å². The van der Waals surface area contributed by atoms with Crippen molar-refractivity contribution in [2.24, 2.45) is 0 Å². The van der Waals surface area contributed by atoms with E-state index in [4.69, 9.17) is 4.74 Å². The molecule has 6 rings (SSSR count). The Morgan fingerprint density at radius 1 is 0.837 bits per heavy atom. The van der Waals surface area contributed by atoms with Crippen LogP contribution < -0.4 is 15.0 Å². The quantitative estimate of drug-likeness (QED) is 0.237. The highest BCUT2D eigenvalue weighted by molar-refractivity contribution is 6.10. The van der Waals surface area contributed by atoms with E-state index in [9.17, 15) is 9.59 Å². The van der Waals surface area contributed by atoms with Crippen LogP contribution in [0.15, 0.2) is 109 Å². The van der Waals surface area contributed by atoms with Gasteiger partial charge in [-0.15, -0.1) is 0 Å². The molecule has 0 spiro atoms. The van der Waals surface area contributed by atoms with Crippen LogP contribution in [-0.2, 0) is 19.6 Å². The molecule has 1 aliphatic rings. The van der Waals surface area contributed by atoms with Gasteiger partial charge in [0.2, 0.25) is 0 Å². The normalized spacial score (nSPS) is 12.3. The van der Waals surface area contributed by atoms with Crippen LogP contribution in [0.4, 0.5) is 11.4 Å². The van der Waals surface area contributed by atoms with Gasteiger partial charge in [0, 0.05) is 41.3 Å². The second kappa shape index (κ2) is 12.0. The number of anilines is 2. The van der Waals surface area contributed by atoms with Gasteiger partial charge in [-0.2, -0.15) is 0 Å². The van der Waals surface area contributed by atoms with Crippen molar-refractivity contribution >= 4 is 23.2 Å². The fourth-order valence-corrected chi connectivity index (χ4v) is 5.69. The summed E-state index contributed by atoms with van der Waals surface area (Å²) in [6, 6.07) is 34.8. The van der Waals surface area contributed by atoms with E-state index in [-0.39, 0.29) is 11.8 Å². The number of rotatable bonds is 7. The second-order valence-electron chi connectivity index (χ2n) is 10.9. The number of hydrogen-bond acceptors (Lipinski definition) is 4. The summed E-state index contributed by atoms with van der Waals surface area (Å²) in [5.41, 5.74) is 7.57. The van der Waals surface area contributed by atoms with Gasteiger partial charge in [0.05, 0.1) is 19.3 Å². The van der Waals surface area contributed by atoms with E-state index in [1.807, 2.05) is 71.6 Å². The summed E-state index contributed by atoms with van der Waals surface area (Å²) in [5.74, 6) is 0.0190. The highest BCUT2D eigenvalue weighted by atomic mass is 16.5. The zero-order chi connectivity index (χ0) is 29.9. The standard InChI is InChI=1S/C36H34N4O3/c1-38(2)23-28-18-19-29-24-40(33-16-10-7-13-27(33)22-39(28)29)36(42)26-17-20-32(34(21-26)43-3)37-35(41)31-15-9-8-14-30(31)25-11-5-4-6-12-25/h4-21H,22-24H2,1-3H3,(H,37,41). The van der Waals surface area contributed by atoms with Crippen LogP contribution in [0.25, 0.3) is 11.1 Å². The number of methoxy groups -OCH3 is 1. The molecule has 1 aliphatic heterocycles. The minimum atomic E-state index is -0.257. The molecule has 5 aromatic rings. The maximum Gasteiger partial charge on any atom is 0.258 e. The first kappa shape index (κ1) is 28.0. The number of hydrogen-bond donors (Lipinski definition) is 1. The summed E-state index contributed by atoms with van der Waals surface area (Å²) >= 11 is 0. The summed E-state index contributed by atoms with van der Waals surface area (Å²) in [5, 5.41) is 2.99. The number of fused-ring (bicyclic) bond motifs is 2. The Kier molecular flexibility index (Phi) is 7.81. The smallest absolute Gasteiger partial charge is 0.258 e.